The molecule has 7 nitrogen and oxygen atoms in total. The zero-order chi connectivity index (χ0) is 17.3. The molecule has 0 bridgehead atoms. The van der Waals surface area contributed by atoms with Crippen molar-refractivity contribution in [3.05, 3.63) is 30.1 Å². The normalized spacial score (nSPS) is 21.6. The molecule has 3 heterocycles. The Hall–Kier alpha value is -2.44. The SMILES string of the molecule is O=C(NC1CC1)C1=NOC2(CCN(C(=O)Cc3ccccn3)CC2)C1. The van der Waals surface area contributed by atoms with Crippen LogP contribution in [0, 0.1) is 0 Å². The standard InChI is InChI=1S/C18H22N4O3/c23-16(11-14-3-1-2-8-19-14)22-9-6-18(7-10-22)12-15(21-25-18)17(24)20-13-4-5-13/h1-3,8,13H,4-7,9-12H2,(H,20,24). The van der Waals surface area contributed by atoms with Crippen LogP contribution in [0.2, 0.25) is 0 Å². The highest BCUT2D eigenvalue weighted by Crippen LogP contribution is 2.35. The van der Waals surface area contributed by atoms with Crippen LogP contribution in [0.15, 0.2) is 29.6 Å². The number of rotatable bonds is 4. The molecule has 0 unspecified atom stereocenters. The summed E-state index contributed by atoms with van der Waals surface area (Å²) in [6.45, 7) is 1.25. The number of oxime groups is 1. The smallest absolute Gasteiger partial charge is 0.269 e. The van der Waals surface area contributed by atoms with E-state index in [1.165, 1.54) is 0 Å². The molecule has 2 aliphatic heterocycles. The largest absolute Gasteiger partial charge is 0.388 e. The van der Waals surface area contributed by atoms with Crippen molar-refractivity contribution in [3.63, 3.8) is 0 Å². The van der Waals surface area contributed by atoms with Crippen molar-refractivity contribution in [1.29, 1.82) is 0 Å². The lowest BCUT2D eigenvalue weighted by molar-refractivity contribution is -0.136. The monoisotopic (exact) mass is 342 g/mol. The summed E-state index contributed by atoms with van der Waals surface area (Å²) < 4.78 is 0. The Balaban J connectivity index is 1.28. The second kappa shape index (κ2) is 6.46. The number of hydrogen-bond acceptors (Lipinski definition) is 5. The van der Waals surface area contributed by atoms with E-state index in [-0.39, 0.29) is 11.8 Å². The third kappa shape index (κ3) is 3.65. The minimum atomic E-state index is -0.419. The Kier molecular flexibility index (Phi) is 4.15. The zero-order valence-corrected chi connectivity index (χ0v) is 14.1. The molecule has 1 saturated carbocycles. The summed E-state index contributed by atoms with van der Waals surface area (Å²) in [5, 5.41) is 6.97. The van der Waals surface area contributed by atoms with Gasteiger partial charge in [-0.3, -0.25) is 14.6 Å². The van der Waals surface area contributed by atoms with Crippen LogP contribution in [-0.4, -0.2) is 52.1 Å². The molecule has 2 amide bonds. The van der Waals surface area contributed by atoms with E-state index in [9.17, 15) is 9.59 Å². The van der Waals surface area contributed by atoms with E-state index in [0.717, 1.165) is 18.5 Å². The van der Waals surface area contributed by atoms with Gasteiger partial charge in [-0.05, 0) is 25.0 Å². The first kappa shape index (κ1) is 16.1. The van der Waals surface area contributed by atoms with Gasteiger partial charge in [0.25, 0.3) is 5.91 Å². The molecule has 0 aromatic carbocycles. The summed E-state index contributed by atoms with van der Waals surface area (Å²) in [5.74, 6) is -0.0211. The van der Waals surface area contributed by atoms with Crippen LogP contribution in [0.5, 0.6) is 0 Å². The van der Waals surface area contributed by atoms with Crippen molar-refractivity contribution >= 4 is 17.5 Å². The molecular formula is C18H22N4O3. The number of amides is 2. The van der Waals surface area contributed by atoms with Crippen LogP contribution < -0.4 is 5.32 Å². The second-order valence-electron chi connectivity index (χ2n) is 7.12. The van der Waals surface area contributed by atoms with Crippen LogP contribution in [0.25, 0.3) is 0 Å². The number of pyridine rings is 1. The van der Waals surface area contributed by atoms with Gasteiger partial charge in [0.15, 0.2) is 0 Å². The molecule has 2 fully saturated rings. The van der Waals surface area contributed by atoms with E-state index >= 15 is 0 Å². The lowest BCUT2D eigenvalue weighted by Crippen LogP contribution is -2.47. The molecule has 1 aromatic rings. The predicted molar refractivity (Wildman–Crippen MR) is 90.8 cm³/mol. The number of carbonyl (C=O) groups is 2. The molecule has 1 aromatic heterocycles. The summed E-state index contributed by atoms with van der Waals surface area (Å²) in [6, 6.07) is 5.91. The molecule has 7 heteroatoms. The van der Waals surface area contributed by atoms with E-state index in [1.54, 1.807) is 6.20 Å². The van der Waals surface area contributed by atoms with Crippen molar-refractivity contribution in [1.82, 2.24) is 15.2 Å². The van der Waals surface area contributed by atoms with Crippen LogP contribution >= 0.6 is 0 Å². The Bertz CT molecular complexity index is 692. The molecule has 1 saturated heterocycles. The van der Waals surface area contributed by atoms with Gasteiger partial charge in [0.1, 0.15) is 11.3 Å². The van der Waals surface area contributed by atoms with Crippen molar-refractivity contribution in [2.24, 2.45) is 5.16 Å². The maximum atomic E-state index is 12.4. The maximum Gasteiger partial charge on any atom is 0.269 e. The first-order valence-corrected chi connectivity index (χ1v) is 8.87. The number of nitrogens with one attached hydrogen (secondary N) is 1. The second-order valence-corrected chi connectivity index (χ2v) is 7.12. The molecule has 0 atom stereocenters. The van der Waals surface area contributed by atoms with Crippen molar-refractivity contribution < 1.29 is 14.4 Å². The van der Waals surface area contributed by atoms with Crippen molar-refractivity contribution in [3.8, 4) is 0 Å². The highest BCUT2D eigenvalue weighted by Gasteiger charge is 2.44. The van der Waals surface area contributed by atoms with Crippen LogP contribution in [0.4, 0.5) is 0 Å². The van der Waals surface area contributed by atoms with Gasteiger partial charge >= 0.3 is 0 Å². The van der Waals surface area contributed by atoms with Crippen molar-refractivity contribution in [2.45, 2.75) is 50.2 Å². The molecular weight excluding hydrogens is 320 g/mol. The Labute approximate surface area is 146 Å². The summed E-state index contributed by atoms with van der Waals surface area (Å²) in [7, 11) is 0. The number of hydrogen-bond donors (Lipinski definition) is 1. The number of likely N-dealkylation sites (tertiary alicyclic amines) is 1. The summed E-state index contributed by atoms with van der Waals surface area (Å²) in [6.07, 6.45) is 6.06. The molecule has 1 spiro atoms. The zero-order valence-electron chi connectivity index (χ0n) is 14.1. The minimum Gasteiger partial charge on any atom is -0.388 e. The van der Waals surface area contributed by atoms with E-state index in [4.69, 9.17) is 4.84 Å². The summed E-state index contributed by atoms with van der Waals surface area (Å²) >= 11 is 0. The van der Waals surface area contributed by atoms with Crippen LogP contribution in [0.1, 0.15) is 37.8 Å². The van der Waals surface area contributed by atoms with Gasteiger partial charge in [0.05, 0.1) is 6.42 Å². The summed E-state index contributed by atoms with van der Waals surface area (Å²) in [4.78, 5) is 36.2. The van der Waals surface area contributed by atoms with Gasteiger partial charge < -0.3 is 15.1 Å². The van der Waals surface area contributed by atoms with E-state index in [0.29, 0.717) is 50.5 Å². The molecule has 25 heavy (non-hydrogen) atoms. The topological polar surface area (TPSA) is 83.9 Å². The fourth-order valence-electron chi connectivity index (χ4n) is 3.34. The molecule has 1 aliphatic carbocycles. The minimum absolute atomic E-state index is 0.0826. The third-order valence-corrected chi connectivity index (χ3v) is 5.10. The van der Waals surface area contributed by atoms with E-state index in [2.05, 4.69) is 15.5 Å². The van der Waals surface area contributed by atoms with Gasteiger partial charge in [-0.2, -0.15) is 0 Å². The highest BCUT2D eigenvalue weighted by atomic mass is 16.7. The lowest BCUT2D eigenvalue weighted by atomic mass is 9.86. The Morgan fingerprint density at radius 3 is 2.76 bits per heavy atom. The number of carbonyl (C=O) groups excluding carboxylic acids is 2. The first-order valence-electron chi connectivity index (χ1n) is 8.87. The quantitative estimate of drug-likeness (QED) is 0.886. The van der Waals surface area contributed by atoms with Gasteiger partial charge in [0.2, 0.25) is 5.91 Å². The molecule has 0 radical (unpaired) electrons. The van der Waals surface area contributed by atoms with Gasteiger partial charge in [-0.25, -0.2) is 0 Å². The predicted octanol–water partition coefficient (Wildman–Crippen LogP) is 1.04. The lowest BCUT2D eigenvalue weighted by Gasteiger charge is -2.37. The number of nitrogens with zero attached hydrogens (tertiary/aromatic N) is 3. The molecule has 4 rings (SSSR count). The third-order valence-electron chi connectivity index (χ3n) is 5.10. The van der Waals surface area contributed by atoms with Gasteiger partial charge in [-0.15, -0.1) is 0 Å². The van der Waals surface area contributed by atoms with Crippen molar-refractivity contribution in [2.75, 3.05) is 13.1 Å². The van der Waals surface area contributed by atoms with Gasteiger partial charge in [-0.1, -0.05) is 11.2 Å². The number of aromatic nitrogens is 1. The number of piperidine rings is 1. The van der Waals surface area contributed by atoms with E-state index < -0.39 is 5.60 Å². The van der Waals surface area contributed by atoms with Gasteiger partial charge in [0, 0.05) is 50.3 Å². The average Bonchev–Trinajstić information content (AvgIpc) is 3.35. The van der Waals surface area contributed by atoms with Crippen LogP contribution in [-0.2, 0) is 20.8 Å². The Morgan fingerprint density at radius 2 is 2.08 bits per heavy atom. The average molecular weight is 342 g/mol. The first-order chi connectivity index (χ1) is 12.1. The van der Waals surface area contributed by atoms with E-state index in [1.807, 2.05) is 23.1 Å². The Morgan fingerprint density at radius 1 is 1.28 bits per heavy atom. The molecule has 1 N–H and O–H groups in total. The highest BCUT2D eigenvalue weighted by molar-refractivity contribution is 6.39. The fraction of sp³-hybridized carbons (Fsp3) is 0.556. The maximum absolute atomic E-state index is 12.4. The molecule has 132 valence electrons. The van der Waals surface area contributed by atoms with Crippen LogP contribution in [0.3, 0.4) is 0 Å². The fourth-order valence-corrected chi connectivity index (χ4v) is 3.34. The summed E-state index contributed by atoms with van der Waals surface area (Å²) in [5.41, 5.74) is 0.852. The molecule has 3 aliphatic rings.